The number of aromatic nitrogens is 1. The van der Waals surface area contributed by atoms with Gasteiger partial charge in [-0.2, -0.15) is 13.2 Å². The number of hydrogen-bond donors (Lipinski definition) is 3. The Morgan fingerprint density at radius 3 is 2.40 bits per heavy atom. The maximum Gasteiger partial charge on any atom is 0.416 e. The number of nitrogens with one attached hydrogen (secondary N) is 2. The maximum absolute atomic E-state index is 13.7. The number of hydrogen-bond acceptors (Lipinski definition) is 8. The fourth-order valence-corrected chi connectivity index (χ4v) is 6.26. The molecule has 3 atom stereocenters. The number of aliphatic hydroxyl groups excluding tert-OH is 1. The molecule has 1 aliphatic rings. The first-order valence-corrected chi connectivity index (χ1v) is 15.4. The number of ether oxygens (including phenoxy) is 1. The number of alkyl halides is 3. The topological polar surface area (TPSA) is 154 Å². The maximum atomic E-state index is 13.7. The molecule has 0 bridgehead atoms. The van der Waals surface area contributed by atoms with Crippen LogP contribution in [0, 0.1) is 19.8 Å². The van der Waals surface area contributed by atoms with E-state index in [1.807, 2.05) is 6.92 Å². The van der Waals surface area contributed by atoms with Crippen LogP contribution < -0.4 is 14.8 Å². The van der Waals surface area contributed by atoms with Crippen molar-refractivity contribution in [3.63, 3.8) is 0 Å². The average Bonchev–Trinajstić information content (AvgIpc) is 3.32. The second-order valence-corrected chi connectivity index (χ2v) is 12.6. The van der Waals surface area contributed by atoms with Crippen LogP contribution in [0.3, 0.4) is 0 Å². The van der Waals surface area contributed by atoms with E-state index in [0.29, 0.717) is 0 Å². The zero-order chi connectivity index (χ0) is 33.3. The predicted molar refractivity (Wildman–Crippen MR) is 157 cm³/mol. The first kappa shape index (κ1) is 33.6. The lowest BCUT2D eigenvalue weighted by Crippen LogP contribution is -2.50. The fourth-order valence-electron chi connectivity index (χ4n) is 4.88. The molecule has 0 radical (unpaired) electrons. The highest BCUT2D eigenvalue weighted by Crippen LogP contribution is 2.33. The Kier molecular flexibility index (Phi) is 9.68. The molecule has 3 N–H and O–H groups in total. The van der Waals surface area contributed by atoms with Crippen molar-refractivity contribution in [3.8, 4) is 5.75 Å². The number of fused-ring (bicyclic) bond motifs is 1. The van der Waals surface area contributed by atoms with Crippen molar-refractivity contribution in [1.82, 2.24) is 15.0 Å². The fraction of sp³-hybridized carbons (Fsp3) is 0.414. The summed E-state index contributed by atoms with van der Waals surface area (Å²) in [6, 6.07) is 7.02. The number of rotatable bonds is 8. The standard InChI is InChI=1S/C29H34F3N5O7S/c1-16-13-37(17(2)15-38)27(39)23-12-22(35-45(41,42)26-18(3)34-44-19(26)4)10-11-24(23)43-25(16)14-36(5)28(40)33-21-8-6-20(7-9-21)29(30,31)32/h6-12,16-17,25,35,38H,13-15H2,1-5H3,(H,33,40)/t16-,17-,25+/m1/s1. The lowest BCUT2D eigenvalue weighted by Gasteiger charge is -2.38. The van der Waals surface area contributed by atoms with Crippen molar-refractivity contribution in [1.29, 1.82) is 0 Å². The predicted octanol–water partition coefficient (Wildman–Crippen LogP) is 4.50. The van der Waals surface area contributed by atoms with Crippen LogP contribution in [0.2, 0.25) is 0 Å². The van der Waals surface area contributed by atoms with Gasteiger partial charge in [0.05, 0.1) is 30.3 Å². The molecule has 0 aliphatic carbocycles. The molecular formula is C29H34F3N5O7S. The van der Waals surface area contributed by atoms with E-state index in [9.17, 15) is 36.3 Å². The Labute approximate surface area is 258 Å². The number of likely N-dealkylation sites (N-methyl/N-ethyl adjacent to an activating group) is 1. The second kappa shape index (κ2) is 13.0. The summed E-state index contributed by atoms with van der Waals surface area (Å²) in [5, 5.41) is 16.1. The Morgan fingerprint density at radius 1 is 1.18 bits per heavy atom. The first-order valence-electron chi connectivity index (χ1n) is 13.9. The van der Waals surface area contributed by atoms with E-state index in [1.165, 1.54) is 48.9 Å². The number of carbonyl (C=O) groups is 2. The summed E-state index contributed by atoms with van der Waals surface area (Å²) in [5.41, 5.74) is -0.419. The van der Waals surface area contributed by atoms with Gasteiger partial charge in [0.1, 0.15) is 17.5 Å². The number of carbonyl (C=O) groups excluding carboxylic acids is 2. The highest BCUT2D eigenvalue weighted by Gasteiger charge is 2.35. The lowest BCUT2D eigenvalue weighted by molar-refractivity contribution is -0.137. The molecule has 0 fully saturated rings. The summed E-state index contributed by atoms with van der Waals surface area (Å²) in [7, 11) is -2.64. The highest BCUT2D eigenvalue weighted by atomic mass is 32.2. The number of amides is 3. The molecular weight excluding hydrogens is 619 g/mol. The van der Waals surface area contributed by atoms with Gasteiger partial charge in [-0.1, -0.05) is 12.1 Å². The Morgan fingerprint density at radius 2 is 1.82 bits per heavy atom. The third-order valence-corrected chi connectivity index (χ3v) is 9.04. The Balaban J connectivity index is 1.59. The summed E-state index contributed by atoms with van der Waals surface area (Å²) >= 11 is 0. The van der Waals surface area contributed by atoms with Gasteiger partial charge in [-0.05, 0) is 63.2 Å². The van der Waals surface area contributed by atoms with Crippen LogP contribution in [0.5, 0.6) is 5.75 Å². The molecule has 0 saturated carbocycles. The van der Waals surface area contributed by atoms with Crippen molar-refractivity contribution in [2.45, 2.75) is 50.9 Å². The molecule has 16 heteroatoms. The molecule has 0 unspecified atom stereocenters. The normalized spacial score (nSPS) is 17.9. The lowest BCUT2D eigenvalue weighted by atomic mass is 9.99. The SMILES string of the molecule is Cc1noc(C)c1S(=O)(=O)Nc1ccc2c(c1)C(=O)N([C@H](C)CO)C[C@@H](C)[C@H](CN(C)C(=O)Nc1ccc(C(F)(F)F)cc1)O2. The average molecular weight is 654 g/mol. The third-order valence-electron chi connectivity index (χ3n) is 7.42. The van der Waals surface area contributed by atoms with Gasteiger partial charge in [0, 0.05) is 30.9 Å². The Bertz CT molecular complexity index is 1640. The van der Waals surface area contributed by atoms with E-state index < -0.39 is 45.8 Å². The minimum absolute atomic E-state index is 0.0169. The van der Waals surface area contributed by atoms with Gasteiger partial charge >= 0.3 is 12.2 Å². The summed E-state index contributed by atoms with van der Waals surface area (Å²) in [6.07, 6.45) is -5.19. The van der Waals surface area contributed by atoms with Gasteiger partial charge in [-0.15, -0.1) is 0 Å². The van der Waals surface area contributed by atoms with Crippen LogP contribution in [-0.2, 0) is 16.2 Å². The number of sulfonamides is 1. The van der Waals surface area contributed by atoms with Crippen LogP contribution in [0.4, 0.5) is 29.3 Å². The molecule has 244 valence electrons. The molecule has 0 spiro atoms. The van der Waals surface area contributed by atoms with Gasteiger partial charge in [-0.25, -0.2) is 13.2 Å². The molecule has 2 heterocycles. The molecule has 4 rings (SSSR count). The summed E-state index contributed by atoms with van der Waals surface area (Å²) < 4.78 is 78.6. The number of aliphatic hydroxyl groups is 1. The molecule has 3 aromatic rings. The highest BCUT2D eigenvalue weighted by molar-refractivity contribution is 7.92. The molecule has 1 aromatic heterocycles. The number of nitrogens with zero attached hydrogens (tertiary/aromatic N) is 3. The van der Waals surface area contributed by atoms with E-state index in [0.717, 1.165) is 24.3 Å². The van der Waals surface area contributed by atoms with Crippen molar-refractivity contribution < 1.29 is 45.5 Å². The molecule has 2 aromatic carbocycles. The molecule has 12 nitrogen and oxygen atoms in total. The minimum Gasteiger partial charge on any atom is -0.487 e. The largest absolute Gasteiger partial charge is 0.487 e. The third kappa shape index (κ3) is 7.50. The zero-order valence-electron chi connectivity index (χ0n) is 25.2. The van der Waals surface area contributed by atoms with E-state index in [2.05, 4.69) is 15.2 Å². The van der Waals surface area contributed by atoms with Gasteiger partial charge in [-0.3, -0.25) is 9.52 Å². The number of aryl methyl sites for hydroxylation is 2. The number of halogens is 3. The van der Waals surface area contributed by atoms with Crippen LogP contribution >= 0.6 is 0 Å². The first-order chi connectivity index (χ1) is 21.0. The van der Waals surface area contributed by atoms with Crippen molar-refractivity contribution in [3.05, 3.63) is 65.0 Å². The monoisotopic (exact) mass is 653 g/mol. The van der Waals surface area contributed by atoms with Crippen LogP contribution in [-0.4, -0.2) is 79.3 Å². The van der Waals surface area contributed by atoms with E-state index in [1.54, 1.807) is 6.92 Å². The van der Waals surface area contributed by atoms with Gasteiger partial charge in [0.2, 0.25) is 0 Å². The van der Waals surface area contributed by atoms with Gasteiger partial charge in [0.25, 0.3) is 15.9 Å². The van der Waals surface area contributed by atoms with Crippen LogP contribution in [0.1, 0.15) is 41.2 Å². The zero-order valence-corrected chi connectivity index (χ0v) is 26.0. The van der Waals surface area contributed by atoms with Crippen LogP contribution in [0.15, 0.2) is 51.9 Å². The van der Waals surface area contributed by atoms with E-state index >= 15 is 0 Å². The molecule has 45 heavy (non-hydrogen) atoms. The summed E-state index contributed by atoms with van der Waals surface area (Å²) in [6.45, 7) is 6.23. The minimum atomic E-state index is -4.51. The summed E-state index contributed by atoms with van der Waals surface area (Å²) in [4.78, 5) is 29.3. The van der Waals surface area contributed by atoms with Crippen molar-refractivity contribution in [2.24, 2.45) is 5.92 Å². The van der Waals surface area contributed by atoms with Crippen LogP contribution in [0.25, 0.3) is 0 Å². The van der Waals surface area contributed by atoms with E-state index in [4.69, 9.17) is 9.26 Å². The number of benzene rings is 2. The summed E-state index contributed by atoms with van der Waals surface area (Å²) in [5.74, 6) is -0.626. The van der Waals surface area contributed by atoms with Crippen molar-refractivity contribution >= 4 is 33.3 Å². The molecule has 0 saturated heterocycles. The van der Waals surface area contributed by atoms with E-state index in [-0.39, 0.29) is 64.7 Å². The smallest absolute Gasteiger partial charge is 0.416 e. The van der Waals surface area contributed by atoms with Gasteiger partial charge < -0.3 is 29.5 Å². The molecule has 1 aliphatic heterocycles. The Hall–Kier alpha value is -4.31. The van der Waals surface area contributed by atoms with Crippen molar-refractivity contribution in [2.75, 3.05) is 36.8 Å². The number of anilines is 2. The number of urea groups is 1. The molecule has 3 amide bonds. The quantitative estimate of drug-likeness (QED) is 0.321. The second-order valence-electron chi connectivity index (χ2n) is 11.0. The van der Waals surface area contributed by atoms with Gasteiger partial charge in [0.15, 0.2) is 10.7 Å².